The standard InChI is InChI=1S/C11H20N4/c1-8-10-14-13-9(7-11(2,3)4)15(10)6-5-12-8/h8,12H,5-7H2,1-4H3. The summed E-state index contributed by atoms with van der Waals surface area (Å²) in [5, 5.41) is 12.0. The van der Waals surface area contributed by atoms with Crippen LogP contribution in [0.25, 0.3) is 0 Å². The van der Waals surface area contributed by atoms with Gasteiger partial charge in [0.15, 0.2) is 0 Å². The maximum atomic E-state index is 4.31. The summed E-state index contributed by atoms with van der Waals surface area (Å²) >= 11 is 0. The van der Waals surface area contributed by atoms with Crippen molar-refractivity contribution >= 4 is 0 Å². The Balaban J connectivity index is 2.27. The second-order valence-electron chi connectivity index (χ2n) is 5.54. The number of nitrogens with one attached hydrogen (secondary N) is 1. The van der Waals surface area contributed by atoms with Crippen molar-refractivity contribution in [3.63, 3.8) is 0 Å². The van der Waals surface area contributed by atoms with Gasteiger partial charge in [-0.3, -0.25) is 0 Å². The Morgan fingerprint density at radius 2 is 2.13 bits per heavy atom. The molecule has 1 aliphatic heterocycles. The lowest BCUT2D eigenvalue weighted by molar-refractivity contribution is 0.375. The Morgan fingerprint density at radius 3 is 2.80 bits per heavy atom. The lowest BCUT2D eigenvalue weighted by atomic mass is 9.92. The van der Waals surface area contributed by atoms with Crippen LogP contribution < -0.4 is 5.32 Å². The Kier molecular flexibility index (Phi) is 2.54. The molecule has 15 heavy (non-hydrogen) atoms. The first kappa shape index (κ1) is 10.6. The highest BCUT2D eigenvalue weighted by atomic mass is 15.3. The van der Waals surface area contributed by atoms with Crippen LogP contribution >= 0.6 is 0 Å². The average Bonchev–Trinajstić information content (AvgIpc) is 2.48. The number of fused-ring (bicyclic) bond motifs is 1. The molecule has 0 saturated heterocycles. The maximum absolute atomic E-state index is 4.31. The zero-order valence-electron chi connectivity index (χ0n) is 10.0. The van der Waals surface area contributed by atoms with Gasteiger partial charge in [0, 0.05) is 19.5 Å². The van der Waals surface area contributed by atoms with Crippen LogP contribution in [0.15, 0.2) is 0 Å². The molecule has 1 aromatic heterocycles. The molecule has 1 aliphatic rings. The smallest absolute Gasteiger partial charge is 0.149 e. The fourth-order valence-corrected chi connectivity index (χ4v) is 2.00. The molecule has 0 saturated carbocycles. The third-order valence-corrected chi connectivity index (χ3v) is 2.72. The highest BCUT2D eigenvalue weighted by Crippen LogP contribution is 2.22. The van der Waals surface area contributed by atoms with Crippen molar-refractivity contribution in [1.82, 2.24) is 20.1 Å². The summed E-state index contributed by atoms with van der Waals surface area (Å²) in [6.07, 6.45) is 0.993. The molecule has 1 unspecified atom stereocenters. The fraction of sp³-hybridized carbons (Fsp3) is 0.818. The second-order valence-corrected chi connectivity index (χ2v) is 5.54. The molecule has 1 aromatic rings. The van der Waals surface area contributed by atoms with Gasteiger partial charge in [-0.1, -0.05) is 20.8 Å². The van der Waals surface area contributed by atoms with E-state index in [0.717, 1.165) is 31.2 Å². The molecule has 0 bridgehead atoms. The van der Waals surface area contributed by atoms with Gasteiger partial charge in [-0.2, -0.15) is 0 Å². The van der Waals surface area contributed by atoms with Crippen LogP contribution in [0.1, 0.15) is 45.4 Å². The molecule has 1 atom stereocenters. The highest BCUT2D eigenvalue weighted by Gasteiger charge is 2.23. The first-order valence-electron chi connectivity index (χ1n) is 5.63. The third kappa shape index (κ3) is 2.20. The molecule has 2 rings (SSSR count). The maximum Gasteiger partial charge on any atom is 0.149 e. The van der Waals surface area contributed by atoms with Crippen molar-refractivity contribution in [2.75, 3.05) is 6.54 Å². The van der Waals surface area contributed by atoms with Crippen molar-refractivity contribution in [1.29, 1.82) is 0 Å². The highest BCUT2D eigenvalue weighted by molar-refractivity contribution is 5.04. The van der Waals surface area contributed by atoms with Gasteiger partial charge >= 0.3 is 0 Å². The molecule has 0 aliphatic carbocycles. The van der Waals surface area contributed by atoms with Crippen molar-refractivity contribution in [3.8, 4) is 0 Å². The van der Waals surface area contributed by atoms with Gasteiger partial charge in [0.05, 0.1) is 6.04 Å². The Morgan fingerprint density at radius 1 is 1.40 bits per heavy atom. The van der Waals surface area contributed by atoms with E-state index in [0.29, 0.717) is 6.04 Å². The minimum Gasteiger partial charge on any atom is -0.312 e. The van der Waals surface area contributed by atoms with Gasteiger partial charge in [-0.25, -0.2) is 0 Å². The van der Waals surface area contributed by atoms with E-state index in [9.17, 15) is 0 Å². The van der Waals surface area contributed by atoms with Gasteiger partial charge in [0.25, 0.3) is 0 Å². The largest absolute Gasteiger partial charge is 0.312 e. The van der Waals surface area contributed by atoms with Crippen LogP contribution in [0.3, 0.4) is 0 Å². The van der Waals surface area contributed by atoms with Crippen molar-refractivity contribution in [3.05, 3.63) is 11.6 Å². The third-order valence-electron chi connectivity index (χ3n) is 2.72. The lowest BCUT2D eigenvalue weighted by Gasteiger charge is -2.24. The van der Waals surface area contributed by atoms with Crippen LogP contribution in [0, 0.1) is 5.41 Å². The fourth-order valence-electron chi connectivity index (χ4n) is 2.00. The molecular weight excluding hydrogens is 188 g/mol. The minimum atomic E-state index is 0.276. The summed E-state index contributed by atoms with van der Waals surface area (Å²) in [4.78, 5) is 0. The van der Waals surface area contributed by atoms with E-state index in [2.05, 4.69) is 47.8 Å². The van der Waals surface area contributed by atoms with Gasteiger partial charge in [-0.15, -0.1) is 10.2 Å². The second kappa shape index (κ2) is 3.59. The summed E-state index contributed by atoms with van der Waals surface area (Å²) in [5.74, 6) is 2.21. The van der Waals surface area contributed by atoms with Crippen LogP contribution in [-0.4, -0.2) is 21.3 Å². The van der Waals surface area contributed by atoms with E-state index in [1.54, 1.807) is 0 Å². The molecule has 1 N–H and O–H groups in total. The summed E-state index contributed by atoms with van der Waals surface area (Å²) < 4.78 is 2.27. The van der Waals surface area contributed by atoms with E-state index in [1.165, 1.54) is 0 Å². The van der Waals surface area contributed by atoms with E-state index in [4.69, 9.17) is 0 Å². The Labute approximate surface area is 91.1 Å². The number of aromatic nitrogens is 3. The summed E-state index contributed by atoms with van der Waals surface area (Å²) in [6, 6.07) is 0.333. The van der Waals surface area contributed by atoms with Gasteiger partial charge < -0.3 is 9.88 Å². The number of rotatable bonds is 1. The first-order valence-corrected chi connectivity index (χ1v) is 5.63. The lowest BCUT2D eigenvalue weighted by Crippen LogP contribution is -2.33. The Bertz CT molecular complexity index is 348. The molecule has 4 nitrogen and oxygen atoms in total. The molecule has 0 aromatic carbocycles. The predicted octanol–water partition coefficient (Wildman–Crippen LogP) is 1.53. The summed E-state index contributed by atoms with van der Waals surface area (Å²) in [5.41, 5.74) is 0.276. The van der Waals surface area contributed by atoms with Crippen LogP contribution in [0.5, 0.6) is 0 Å². The molecule has 0 spiro atoms. The number of hydrogen-bond donors (Lipinski definition) is 1. The minimum absolute atomic E-state index is 0.276. The zero-order valence-corrected chi connectivity index (χ0v) is 10.0. The number of hydrogen-bond acceptors (Lipinski definition) is 3. The first-order chi connectivity index (χ1) is 6.97. The van der Waals surface area contributed by atoms with E-state index < -0.39 is 0 Å². The number of nitrogens with zero attached hydrogens (tertiary/aromatic N) is 3. The van der Waals surface area contributed by atoms with Gasteiger partial charge in [-0.05, 0) is 12.3 Å². The van der Waals surface area contributed by atoms with E-state index in [1.807, 2.05) is 0 Å². The molecule has 4 heteroatoms. The molecule has 0 radical (unpaired) electrons. The van der Waals surface area contributed by atoms with Gasteiger partial charge in [0.1, 0.15) is 11.6 Å². The van der Waals surface area contributed by atoms with Crippen molar-refractivity contribution in [2.45, 2.75) is 46.7 Å². The SMILES string of the molecule is CC1NCCn2c(CC(C)(C)C)nnc21. The summed E-state index contributed by atoms with van der Waals surface area (Å²) in [6.45, 7) is 10.9. The Hall–Kier alpha value is -0.900. The summed E-state index contributed by atoms with van der Waals surface area (Å²) in [7, 11) is 0. The van der Waals surface area contributed by atoms with E-state index >= 15 is 0 Å². The molecule has 2 heterocycles. The normalized spacial score (nSPS) is 21.5. The molecule has 0 fully saturated rings. The zero-order chi connectivity index (χ0) is 11.1. The molecule has 0 amide bonds. The van der Waals surface area contributed by atoms with Gasteiger partial charge in [0.2, 0.25) is 0 Å². The van der Waals surface area contributed by atoms with Crippen molar-refractivity contribution < 1.29 is 0 Å². The van der Waals surface area contributed by atoms with Crippen molar-refractivity contribution in [2.24, 2.45) is 5.41 Å². The van der Waals surface area contributed by atoms with Crippen LogP contribution in [-0.2, 0) is 13.0 Å². The molecule has 84 valence electrons. The van der Waals surface area contributed by atoms with Crippen LogP contribution in [0.4, 0.5) is 0 Å². The van der Waals surface area contributed by atoms with Crippen LogP contribution in [0.2, 0.25) is 0 Å². The monoisotopic (exact) mass is 208 g/mol. The molecular formula is C11H20N4. The predicted molar refractivity (Wildman–Crippen MR) is 59.6 cm³/mol. The van der Waals surface area contributed by atoms with E-state index in [-0.39, 0.29) is 5.41 Å². The quantitative estimate of drug-likeness (QED) is 0.761. The topological polar surface area (TPSA) is 42.7 Å². The average molecular weight is 208 g/mol.